The predicted octanol–water partition coefficient (Wildman–Crippen LogP) is 1.86. The number of hydrogen-bond donors (Lipinski definition) is 1. The van der Waals surface area contributed by atoms with Crippen molar-refractivity contribution >= 4 is 12.1 Å². The third-order valence-corrected chi connectivity index (χ3v) is 3.52. The average Bonchev–Trinajstić information content (AvgIpc) is 2.65. The van der Waals surface area contributed by atoms with Crippen molar-refractivity contribution in [1.82, 2.24) is 4.90 Å². The van der Waals surface area contributed by atoms with Gasteiger partial charge >= 0.3 is 12.1 Å². The summed E-state index contributed by atoms with van der Waals surface area (Å²) < 4.78 is 5.27. The first-order valence-electron chi connectivity index (χ1n) is 5.88. The molecule has 1 heterocycles. The summed E-state index contributed by atoms with van der Waals surface area (Å²) in [6.45, 7) is 7.37. The second-order valence-corrected chi connectivity index (χ2v) is 6.32. The normalized spacial score (nSPS) is 35.4. The SMILES string of the molecule is CC(C)(C)OC(=O)N1C2C[C@]2(C)C[C@H]1C(=O)O. The van der Waals surface area contributed by atoms with Gasteiger partial charge in [0.15, 0.2) is 0 Å². The van der Waals surface area contributed by atoms with Crippen molar-refractivity contribution in [3.63, 3.8) is 0 Å². The lowest BCUT2D eigenvalue weighted by Crippen LogP contribution is -2.45. The Balaban J connectivity index is 2.13. The first kappa shape index (κ1) is 12.2. The highest BCUT2D eigenvalue weighted by atomic mass is 16.6. The van der Waals surface area contributed by atoms with E-state index in [0.717, 1.165) is 6.42 Å². The molecule has 0 aromatic heterocycles. The van der Waals surface area contributed by atoms with Gasteiger partial charge in [0.1, 0.15) is 11.6 Å². The summed E-state index contributed by atoms with van der Waals surface area (Å²) in [7, 11) is 0. The molecule has 1 amide bonds. The van der Waals surface area contributed by atoms with Crippen molar-refractivity contribution < 1.29 is 19.4 Å². The molecule has 17 heavy (non-hydrogen) atoms. The number of ether oxygens (including phenoxy) is 1. The van der Waals surface area contributed by atoms with E-state index in [1.165, 1.54) is 4.90 Å². The van der Waals surface area contributed by atoms with E-state index in [9.17, 15) is 9.59 Å². The molecule has 1 N–H and O–H groups in total. The highest BCUT2D eigenvalue weighted by molar-refractivity contribution is 5.82. The number of piperidine rings is 1. The second kappa shape index (κ2) is 3.37. The lowest BCUT2D eigenvalue weighted by atomic mass is 10.0. The third kappa shape index (κ3) is 2.10. The Morgan fingerprint density at radius 3 is 2.41 bits per heavy atom. The molecule has 96 valence electrons. The molecule has 2 aliphatic rings. The van der Waals surface area contributed by atoms with Crippen molar-refractivity contribution in [3.8, 4) is 0 Å². The van der Waals surface area contributed by atoms with E-state index in [4.69, 9.17) is 9.84 Å². The molecule has 2 fully saturated rings. The van der Waals surface area contributed by atoms with Crippen LogP contribution in [0.5, 0.6) is 0 Å². The number of carbonyl (C=O) groups is 2. The van der Waals surface area contributed by atoms with Crippen LogP contribution in [0.15, 0.2) is 0 Å². The molecule has 0 radical (unpaired) electrons. The minimum Gasteiger partial charge on any atom is -0.480 e. The highest BCUT2D eigenvalue weighted by Crippen LogP contribution is 2.59. The van der Waals surface area contributed by atoms with Gasteiger partial charge < -0.3 is 9.84 Å². The van der Waals surface area contributed by atoms with Gasteiger partial charge in [0.25, 0.3) is 0 Å². The van der Waals surface area contributed by atoms with E-state index in [-0.39, 0.29) is 11.5 Å². The number of carboxylic acid groups (broad SMARTS) is 1. The van der Waals surface area contributed by atoms with Gasteiger partial charge in [-0.2, -0.15) is 0 Å². The molecule has 0 bridgehead atoms. The lowest BCUT2D eigenvalue weighted by Gasteiger charge is -2.28. The zero-order valence-electron chi connectivity index (χ0n) is 10.7. The molecule has 2 rings (SSSR count). The summed E-state index contributed by atoms with van der Waals surface area (Å²) >= 11 is 0. The van der Waals surface area contributed by atoms with Crippen molar-refractivity contribution in [1.29, 1.82) is 0 Å². The summed E-state index contributed by atoms with van der Waals surface area (Å²) in [4.78, 5) is 24.5. The van der Waals surface area contributed by atoms with Gasteiger partial charge in [-0.25, -0.2) is 9.59 Å². The Hall–Kier alpha value is -1.26. The number of fused-ring (bicyclic) bond motifs is 1. The van der Waals surface area contributed by atoms with E-state index in [1.54, 1.807) is 20.8 Å². The fourth-order valence-electron chi connectivity index (χ4n) is 2.57. The number of nitrogens with zero attached hydrogens (tertiary/aromatic N) is 1. The summed E-state index contributed by atoms with van der Waals surface area (Å²) in [5, 5.41) is 9.13. The molecule has 0 spiro atoms. The van der Waals surface area contributed by atoms with E-state index >= 15 is 0 Å². The zero-order valence-corrected chi connectivity index (χ0v) is 10.7. The van der Waals surface area contributed by atoms with E-state index in [1.807, 2.05) is 6.92 Å². The van der Waals surface area contributed by atoms with Crippen molar-refractivity contribution in [2.24, 2.45) is 5.41 Å². The maximum absolute atomic E-state index is 12.0. The minimum atomic E-state index is -0.940. The van der Waals surface area contributed by atoms with Gasteiger partial charge in [0.2, 0.25) is 0 Å². The van der Waals surface area contributed by atoms with E-state index < -0.39 is 23.7 Å². The number of carboxylic acids is 1. The monoisotopic (exact) mass is 241 g/mol. The summed E-state index contributed by atoms with van der Waals surface area (Å²) in [5.41, 5.74) is -0.603. The van der Waals surface area contributed by atoms with E-state index in [2.05, 4.69) is 0 Å². The average molecular weight is 241 g/mol. The number of hydrogen-bond acceptors (Lipinski definition) is 3. The third-order valence-electron chi connectivity index (χ3n) is 3.52. The number of aliphatic carboxylic acids is 1. The van der Waals surface area contributed by atoms with Crippen LogP contribution >= 0.6 is 0 Å². The number of carbonyl (C=O) groups excluding carboxylic acids is 1. The number of likely N-dealkylation sites (tertiary alicyclic amines) is 1. The summed E-state index contributed by atoms with van der Waals surface area (Å²) in [6, 6.07) is -0.688. The molecule has 0 aromatic carbocycles. The molecular weight excluding hydrogens is 222 g/mol. The van der Waals surface area contributed by atoms with Crippen LogP contribution in [0.2, 0.25) is 0 Å². The van der Waals surface area contributed by atoms with Crippen molar-refractivity contribution in [3.05, 3.63) is 0 Å². The number of amides is 1. The fourth-order valence-corrected chi connectivity index (χ4v) is 2.57. The molecule has 3 atom stereocenters. The van der Waals surface area contributed by atoms with E-state index in [0.29, 0.717) is 6.42 Å². The second-order valence-electron chi connectivity index (χ2n) is 6.32. The minimum absolute atomic E-state index is 0.0139. The van der Waals surface area contributed by atoms with Gasteiger partial charge in [-0.1, -0.05) is 6.92 Å². The van der Waals surface area contributed by atoms with Crippen molar-refractivity contribution in [2.45, 2.75) is 58.2 Å². The molecule has 1 aliphatic carbocycles. The highest BCUT2D eigenvalue weighted by Gasteiger charge is 2.65. The predicted molar refractivity (Wildman–Crippen MR) is 60.6 cm³/mol. The molecular formula is C12H19NO4. The quantitative estimate of drug-likeness (QED) is 0.761. The van der Waals surface area contributed by atoms with Gasteiger partial charge in [-0.15, -0.1) is 0 Å². The molecule has 1 aliphatic heterocycles. The first-order valence-corrected chi connectivity index (χ1v) is 5.88. The van der Waals surface area contributed by atoms with Crippen LogP contribution in [0.3, 0.4) is 0 Å². The van der Waals surface area contributed by atoms with Gasteiger partial charge in [0, 0.05) is 6.04 Å². The van der Waals surface area contributed by atoms with Crippen LogP contribution in [-0.2, 0) is 9.53 Å². The van der Waals surface area contributed by atoms with Gasteiger partial charge in [-0.3, -0.25) is 4.90 Å². The van der Waals surface area contributed by atoms with Crippen LogP contribution in [0.4, 0.5) is 4.79 Å². The first-order chi connectivity index (χ1) is 7.64. The maximum atomic E-state index is 12.0. The largest absolute Gasteiger partial charge is 0.480 e. The molecule has 1 unspecified atom stereocenters. The topological polar surface area (TPSA) is 66.8 Å². The Bertz CT molecular complexity index is 373. The number of rotatable bonds is 1. The summed E-state index contributed by atoms with van der Waals surface area (Å²) in [5.74, 6) is -0.940. The summed E-state index contributed by atoms with van der Waals surface area (Å²) in [6.07, 6.45) is 0.915. The standard InChI is InChI=1S/C12H19NO4/c1-11(2,3)17-10(16)13-7(9(14)15)5-12(4)6-8(12)13/h7-8H,5-6H2,1-4H3,(H,14,15)/t7-,8?,12-/m0/s1. The smallest absolute Gasteiger partial charge is 0.411 e. The molecule has 1 saturated carbocycles. The van der Waals surface area contributed by atoms with Crippen molar-refractivity contribution in [2.75, 3.05) is 0 Å². The Labute approximate surface area is 101 Å². The molecule has 5 nitrogen and oxygen atoms in total. The van der Waals surface area contributed by atoms with Crippen LogP contribution in [0.25, 0.3) is 0 Å². The fraction of sp³-hybridized carbons (Fsp3) is 0.833. The Morgan fingerprint density at radius 1 is 1.35 bits per heavy atom. The Kier molecular flexibility index (Phi) is 2.42. The van der Waals surface area contributed by atoms with Crippen LogP contribution in [-0.4, -0.2) is 39.8 Å². The Morgan fingerprint density at radius 2 is 1.94 bits per heavy atom. The molecule has 5 heteroatoms. The van der Waals surface area contributed by atoms with Crippen LogP contribution in [0, 0.1) is 5.41 Å². The van der Waals surface area contributed by atoms with Crippen LogP contribution in [0.1, 0.15) is 40.5 Å². The lowest BCUT2D eigenvalue weighted by molar-refractivity contribution is -0.142. The van der Waals surface area contributed by atoms with Gasteiger partial charge in [0.05, 0.1) is 0 Å². The van der Waals surface area contributed by atoms with Gasteiger partial charge in [-0.05, 0) is 39.0 Å². The maximum Gasteiger partial charge on any atom is 0.411 e. The zero-order chi connectivity index (χ0) is 13.0. The van der Waals surface area contributed by atoms with Crippen LogP contribution < -0.4 is 0 Å². The molecule has 0 aromatic rings. The molecule has 1 saturated heterocycles.